The molecule has 0 bridgehead atoms. The van der Waals surface area contributed by atoms with Gasteiger partial charge in [-0.2, -0.15) is 0 Å². The Morgan fingerprint density at radius 1 is 1.57 bits per heavy atom. The zero-order valence-electron chi connectivity index (χ0n) is 7.35. The van der Waals surface area contributed by atoms with Crippen LogP contribution in [0, 0.1) is 17.0 Å². The fourth-order valence-electron chi connectivity index (χ4n) is 1.33. The third-order valence-electron chi connectivity index (χ3n) is 1.99. The number of fused-ring (bicyclic) bond motifs is 1. The number of nitro benzene ring substituents is 1. The lowest BCUT2D eigenvalue weighted by atomic mass is 10.2. The maximum Gasteiger partial charge on any atom is 0.273 e. The number of thiazole rings is 1. The van der Waals surface area contributed by atoms with Crippen molar-refractivity contribution in [3.8, 4) is 0 Å². The first-order valence-corrected chi connectivity index (χ1v) is 4.71. The van der Waals surface area contributed by atoms with Crippen LogP contribution < -0.4 is 5.73 Å². The first-order valence-electron chi connectivity index (χ1n) is 3.89. The third kappa shape index (κ3) is 1.20. The molecule has 2 N–H and O–H groups in total. The summed E-state index contributed by atoms with van der Waals surface area (Å²) in [6.07, 6.45) is 0. The molecule has 2 rings (SSSR count). The summed E-state index contributed by atoms with van der Waals surface area (Å²) in [5, 5.41) is 11.1. The van der Waals surface area contributed by atoms with Crippen LogP contribution in [0.15, 0.2) is 12.1 Å². The topological polar surface area (TPSA) is 82.0 Å². The second-order valence-electron chi connectivity index (χ2n) is 2.87. The Balaban J connectivity index is 2.80. The molecule has 0 aliphatic carbocycles. The van der Waals surface area contributed by atoms with Crippen molar-refractivity contribution >= 4 is 32.4 Å². The Morgan fingerprint density at radius 3 is 2.93 bits per heavy atom. The summed E-state index contributed by atoms with van der Waals surface area (Å²) in [7, 11) is 0. The predicted octanol–water partition coefficient (Wildman–Crippen LogP) is 2.10. The van der Waals surface area contributed by atoms with Gasteiger partial charge in [0, 0.05) is 11.6 Å². The van der Waals surface area contributed by atoms with Crippen molar-refractivity contribution in [2.45, 2.75) is 6.92 Å². The van der Waals surface area contributed by atoms with E-state index in [9.17, 15) is 10.1 Å². The molecule has 0 amide bonds. The van der Waals surface area contributed by atoms with Crippen LogP contribution in [-0.2, 0) is 0 Å². The van der Waals surface area contributed by atoms with Crippen LogP contribution in [0.1, 0.15) is 5.56 Å². The van der Waals surface area contributed by atoms with Gasteiger partial charge in [0.05, 0.1) is 15.1 Å². The molecule has 0 aliphatic heterocycles. The van der Waals surface area contributed by atoms with Crippen LogP contribution in [-0.4, -0.2) is 9.91 Å². The van der Waals surface area contributed by atoms with E-state index in [0.717, 1.165) is 10.2 Å². The van der Waals surface area contributed by atoms with Gasteiger partial charge < -0.3 is 5.73 Å². The number of rotatable bonds is 1. The number of nitrogens with zero attached hydrogens (tertiary/aromatic N) is 2. The molecule has 0 saturated carbocycles. The summed E-state index contributed by atoms with van der Waals surface area (Å²) in [5.74, 6) is 0. The minimum Gasteiger partial charge on any atom is -0.375 e. The van der Waals surface area contributed by atoms with Crippen molar-refractivity contribution in [1.82, 2.24) is 4.98 Å². The third-order valence-corrected chi connectivity index (χ3v) is 3.01. The Morgan fingerprint density at radius 2 is 2.29 bits per heavy atom. The normalized spacial score (nSPS) is 10.6. The molecule has 14 heavy (non-hydrogen) atoms. The van der Waals surface area contributed by atoms with E-state index in [2.05, 4.69) is 4.98 Å². The summed E-state index contributed by atoms with van der Waals surface area (Å²) in [4.78, 5) is 14.3. The number of nitrogens with two attached hydrogens (primary N) is 1. The molecule has 0 unspecified atom stereocenters. The summed E-state index contributed by atoms with van der Waals surface area (Å²) < 4.78 is 0.789. The van der Waals surface area contributed by atoms with Gasteiger partial charge in [-0.25, -0.2) is 4.98 Å². The Kier molecular flexibility index (Phi) is 1.85. The van der Waals surface area contributed by atoms with Gasteiger partial charge in [-0.05, 0) is 13.0 Å². The SMILES string of the molecule is Cc1c([N+](=O)[O-])ccc2nc(N)sc12. The highest BCUT2D eigenvalue weighted by molar-refractivity contribution is 7.22. The van der Waals surface area contributed by atoms with Crippen molar-refractivity contribution in [1.29, 1.82) is 0 Å². The highest BCUT2D eigenvalue weighted by Crippen LogP contribution is 2.32. The van der Waals surface area contributed by atoms with E-state index in [0.29, 0.717) is 10.7 Å². The minimum atomic E-state index is -0.398. The molecular weight excluding hydrogens is 202 g/mol. The lowest BCUT2D eigenvalue weighted by Gasteiger charge is -1.96. The van der Waals surface area contributed by atoms with E-state index in [1.165, 1.54) is 17.4 Å². The molecule has 0 atom stereocenters. The monoisotopic (exact) mass is 209 g/mol. The van der Waals surface area contributed by atoms with E-state index in [1.807, 2.05) is 0 Å². The molecule has 0 radical (unpaired) electrons. The van der Waals surface area contributed by atoms with Crippen LogP contribution in [0.4, 0.5) is 10.8 Å². The number of nitro groups is 1. The summed E-state index contributed by atoms with van der Waals surface area (Å²) >= 11 is 1.27. The molecule has 6 heteroatoms. The van der Waals surface area contributed by atoms with Crippen molar-refractivity contribution < 1.29 is 4.92 Å². The standard InChI is InChI=1S/C8H7N3O2S/c1-4-6(11(12)13)3-2-5-7(4)14-8(9)10-5/h2-3H,1H3,(H2,9,10). The van der Waals surface area contributed by atoms with Crippen LogP contribution in [0.25, 0.3) is 10.2 Å². The molecule has 1 heterocycles. The lowest BCUT2D eigenvalue weighted by molar-refractivity contribution is -0.385. The van der Waals surface area contributed by atoms with Crippen molar-refractivity contribution in [3.63, 3.8) is 0 Å². The molecular formula is C8H7N3O2S. The lowest BCUT2D eigenvalue weighted by Crippen LogP contribution is -1.90. The highest BCUT2D eigenvalue weighted by Gasteiger charge is 2.15. The van der Waals surface area contributed by atoms with E-state index >= 15 is 0 Å². The maximum atomic E-state index is 10.6. The molecule has 1 aromatic heterocycles. The van der Waals surface area contributed by atoms with E-state index in [1.54, 1.807) is 13.0 Å². The number of nitrogen functional groups attached to an aromatic ring is 1. The van der Waals surface area contributed by atoms with Crippen LogP contribution in [0.5, 0.6) is 0 Å². The van der Waals surface area contributed by atoms with Crippen molar-refractivity contribution in [2.75, 3.05) is 5.73 Å². The van der Waals surface area contributed by atoms with Gasteiger partial charge in [-0.1, -0.05) is 11.3 Å². The number of hydrogen-bond acceptors (Lipinski definition) is 5. The first kappa shape index (κ1) is 8.89. The molecule has 72 valence electrons. The van der Waals surface area contributed by atoms with E-state index in [4.69, 9.17) is 5.73 Å². The average molecular weight is 209 g/mol. The first-order chi connectivity index (χ1) is 6.59. The number of anilines is 1. The van der Waals surface area contributed by atoms with Gasteiger partial charge in [0.25, 0.3) is 5.69 Å². The summed E-state index contributed by atoms with van der Waals surface area (Å²) in [5.41, 5.74) is 6.98. The number of aromatic nitrogens is 1. The molecule has 0 aliphatic rings. The molecule has 0 fully saturated rings. The zero-order valence-corrected chi connectivity index (χ0v) is 8.17. The summed E-state index contributed by atoms with van der Waals surface area (Å²) in [6.45, 7) is 1.71. The van der Waals surface area contributed by atoms with Gasteiger partial charge in [-0.3, -0.25) is 10.1 Å². The number of aryl methyl sites for hydroxylation is 1. The number of benzene rings is 1. The fourth-order valence-corrected chi connectivity index (χ4v) is 2.16. The highest BCUT2D eigenvalue weighted by atomic mass is 32.1. The van der Waals surface area contributed by atoms with Crippen LogP contribution >= 0.6 is 11.3 Å². The van der Waals surface area contributed by atoms with Gasteiger partial charge in [-0.15, -0.1) is 0 Å². The maximum absolute atomic E-state index is 10.6. The zero-order chi connectivity index (χ0) is 10.3. The summed E-state index contributed by atoms with van der Waals surface area (Å²) in [6, 6.07) is 3.07. The van der Waals surface area contributed by atoms with Gasteiger partial charge in [0.2, 0.25) is 0 Å². The Hall–Kier alpha value is -1.69. The minimum absolute atomic E-state index is 0.112. The fraction of sp³-hybridized carbons (Fsp3) is 0.125. The Labute approximate surface area is 83.3 Å². The van der Waals surface area contributed by atoms with Gasteiger partial charge in [0.1, 0.15) is 0 Å². The second-order valence-corrected chi connectivity index (χ2v) is 3.90. The Bertz CT molecular complexity index is 521. The average Bonchev–Trinajstić information content (AvgIpc) is 2.46. The van der Waals surface area contributed by atoms with Crippen LogP contribution in [0.2, 0.25) is 0 Å². The van der Waals surface area contributed by atoms with E-state index in [-0.39, 0.29) is 5.69 Å². The predicted molar refractivity (Wildman–Crippen MR) is 55.4 cm³/mol. The molecule has 5 nitrogen and oxygen atoms in total. The molecule has 0 saturated heterocycles. The number of hydrogen-bond donors (Lipinski definition) is 1. The molecule has 0 spiro atoms. The van der Waals surface area contributed by atoms with Gasteiger partial charge in [0.15, 0.2) is 5.13 Å². The van der Waals surface area contributed by atoms with Crippen molar-refractivity contribution in [2.24, 2.45) is 0 Å². The largest absolute Gasteiger partial charge is 0.375 e. The van der Waals surface area contributed by atoms with Crippen LogP contribution in [0.3, 0.4) is 0 Å². The van der Waals surface area contributed by atoms with Gasteiger partial charge >= 0.3 is 0 Å². The quantitative estimate of drug-likeness (QED) is 0.575. The molecule has 2 aromatic rings. The second kappa shape index (κ2) is 2.91. The smallest absolute Gasteiger partial charge is 0.273 e. The van der Waals surface area contributed by atoms with Crippen molar-refractivity contribution in [3.05, 3.63) is 27.8 Å². The van der Waals surface area contributed by atoms with E-state index < -0.39 is 4.92 Å². The molecule has 1 aromatic carbocycles.